The van der Waals surface area contributed by atoms with Gasteiger partial charge in [0, 0.05) is 38.6 Å². The molecule has 0 aliphatic rings. The second-order valence-electron chi connectivity index (χ2n) is 4.45. The molecule has 1 rings (SSSR count). The van der Waals surface area contributed by atoms with Gasteiger partial charge in [0.2, 0.25) is 0 Å². The molecule has 0 atom stereocenters. The first-order valence-electron chi connectivity index (χ1n) is 7.20. The van der Waals surface area contributed by atoms with E-state index in [9.17, 15) is 0 Å². The molecule has 114 valence electrons. The van der Waals surface area contributed by atoms with Crippen LogP contribution in [-0.4, -0.2) is 45.1 Å². The average Bonchev–Trinajstić information content (AvgIpc) is 2.49. The van der Waals surface area contributed by atoms with Crippen LogP contribution in [0.4, 0.5) is 5.82 Å². The van der Waals surface area contributed by atoms with Gasteiger partial charge in [-0.1, -0.05) is 13.0 Å². The van der Waals surface area contributed by atoms with Crippen LogP contribution in [0.15, 0.2) is 18.3 Å². The largest absolute Gasteiger partial charge is 0.382 e. The van der Waals surface area contributed by atoms with E-state index in [1.54, 1.807) is 13.3 Å². The molecule has 1 N–H and O–H groups in total. The van der Waals surface area contributed by atoms with Gasteiger partial charge in [0.1, 0.15) is 5.82 Å². The Labute approximate surface area is 121 Å². The summed E-state index contributed by atoms with van der Waals surface area (Å²) in [4.78, 5) is 4.34. The molecule has 0 unspecified atom stereocenters. The number of hydrogen-bond donors (Lipinski definition) is 1. The van der Waals surface area contributed by atoms with Gasteiger partial charge in [0.05, 0.1) is 19.8 Å². The number of pyridine rings is 1. The first kappa shape index (κ1) is 16.9. The van der Waals surface area contributed by atoms with Crippen molar-refractivity contribution in [1.82, 2.24) is 4.98 Å². The topological polar surface area (TPSA) is 52.6 Å². The first-order chi connectivity index (χ1) is 9.88. The first-order valence-corrected chi connectivity index (χ1v) is 7.20. The number of anilines is 1. The summed E-state index contributed by atoms with van der Waals surface area (Å²) in [5.41, 5.74) is 1.10. The van der Waals surface area contributed by atoms with Gasteiger partial charge in [-0.15, -0.1) is 0 Å². The van der Waals surface area contributed by atoms with E-state index in [2.05, 4.69) is 17.2 Å². The Balaban J connectivity index is 2.15. The molecule has 5 heteroatoms. The van der Waals surface area contributed by atoms with Crippen molar-refractivity contribution in [2.45, 2.75) is 26.4 Å². The zero-order chi connectivity index (χ0) is 14.5. The quantitative estimate of drug-likeness (QED) is 0.597. The highest BCUT2D eigenvalue weighted by Gasteiger charge is 2.02. The van der Waals surface area contributed by atoms with Crippen molar-refractivity contribution in [3.63, 3.8) is 0 Å². The lowest BCUT2D eigenvalue weighted by Gasteiger charge is -2.10. The summed E-state index contributed by atoms with van der Waals surface area (Å²) in [6.07, 6.45) is 3.77. The van der Waals surface area contributed by atoms with Gasteiger partial charge in [-0.2, -0.15) is 0 Å². The molecule has 0 radical (unpaired) electrons. The van der Waals surface area contributed by atoms with Crippen molar-refractivity contribution in [2.24, 2.45) is 0 Å². The lowest BCUT2D eigenvalue weighted by molar-refractivity contribution is 0.0484. The number of nitrogens with one attached hydrogen (secondary N) is 1. The minimum atomic E-state index is 0.581. The van der Waals surface area contributed by atoms with Crippen molar-refractivity contribution in [1.29, 1.82) is 0 Å². The van der Waals surface area contributed by atoms with Gasteiger partial charge in [-0.05, 0) is 18.9 Å². The highest BCUT2D eigenvalue weighted by Crippen LogP contribution is 2.12. The van der Waals surface area contributed by atoms with Crippen LogP contribution >= 0.6 is 0 Å². The smallest absolute Gasteiger partial charge is 0.131 e. The van der Waals surface area contributed by atoms with E-state index >= 15 is 0 Å². The standard InChI is InChI=1S/C15H26N2O3/c1-3-7-16-15-14(6-4-8-17-15)13-20-10-5-9-19-12-11-18-2/h4,6,8H,3,5,7,9-13H2,1-2H3,(H,16,17). The van der Waals surface area contributed by atoms with E-state index in [0.29, 0.717) is 33.0 Å². The van der Waals surface area contributed by atoms with Gasteiger partial charge in [0.25, 0.3) is 0 Å². The molecule has 0 aromatic carbocycles. The van der Waals surface area contributed by atoms with Crippen molar-refractivity contribution >= 4 is 5.82 Å². The van der Waals surface area contributed by atoms with E-state index in [-0.39, 0.29) is 0 Å². The molecule has 1 aromatic heterocycles. The molecule has 0 amide bonds. The minimum Gasteiger partial charge on any atom is -0.382 e. The van der Waals surface area contributed by atoms with Gasteiger partial charge in [-0.25, -0.2) is 4.98 Å². The number of aromatic nitrogens is 1. The average molecular weight is 282 g/mol. The van der Waals surface area contributed by atoms with Gasteiger partial charge < -0.3 is 19.5 Å². The van der Waals surface area contributed by atoms with E-state index in [1.807, 2.05) is 12.1 Å². The molecule has 0 spiro atoms. The molecule has 0 fully saturated rings. The third kappa shape index (κ3) is 7.43. The summed E-state index contributed by atoms with van der Waals surface area (Å²) in [7, 11) is 1.67. The molecule has 0 saturated carbocycles. The molecule has 0 bridgehead atoms. The van der Waals surface area contributed by atoms with E-state index in [4.69, 9.17) is 14.2 Å². The van der Waals surface area contributed by atoms with Crippen LogP contribution in [0.3, 0.4) is 0 Å². The lowest BCUT2D eigenvalue weighted by Crippen LogP contribution is -2.08. The van der Waals surface area contributed by atoms with Gasteiger partial charge in [-0.3, -0.25) is 0 Å². The molecular formula is C15H26N2O3. The zero-order valence-electron chi connectivity index (χ0n) is 12.6. The van der Waals surface area contributed by atoms with Gasteiger partial charge >= 0.3 is 0 Å². The minimum absolute atomic E-state index is 0.581. The van der Waals surface area contributed by atoms with Crippen molar-refractivity contribution < 1.29 is 14.2 Å². The molecule has 0 aliphatic carbocycles. The Morgan fingerprint density at radius 1 is 1.15 bits per heavy atom. The fourth-order valence-electron chi connectivity index (χ4n) is 1.65. The van der Waals surface area contributed by atoms with Crippen LogP contribution in [0.2, 0.25) is 0 Å². The fraction of sp³-hybridized carbons (Fsp3) is 0.667. The Morgan fingerprint density at radius 3 is 2.80 bits per heavy atom. The Morgan fingerprint density at radius 2 is 2.00 bits per heavy atom. The summed E-state index contributed by atoms with van der Waals surface area (Å²) in [6.45, 7) is 6.32. The Hall–Kier alpha value is -1.17. The number of methoxy groups -OCH3 is 1. The van der Waals surface area contributed by atoms with Crippen molar-refractivity contribution in [3.8, 4) is 0 Å². The summed E-state index contributed by atoms with van der Waals surface area (Å²) >= 11 is 0. The van der Waals surface area contributed by atoms with Crippen LogP contribution in [0.5, 0.6) is 0 Å². The summed E-state index contributed by atoms with van der Waals surface area (Å²) in [6, 6.07) is 3.98. The monoisotopic (exact) mass is 282 g/mol. The fourth-order valence-corrected chi connectivity index (χ4v) is 1.65. The maximum atomic E-state index is 5.66. The Kier molecular flexibility index (Phi) is 9.83. The third-order valence-electron chi connectivity index (χ3n) is 2.70. The summed E-state index contributed by atoms with van der Waals surface area (Å²) < 4.78 is 15.9. The number of ether oxygens (including phenoxy) is 3. The zero-order valence-corrected chi connectivity index (χ0v) is 12.6. The second kappa shape index (κ2) is 11.6. The lowest BCUT2D eigenvalue weighted by atomic mass is 10.2. The van der Waals surface area contributed by atoms with Crippen LogP contribution < -0.4 is 5.32 Å². The van der Waals surface area contributed by atoms with Crippen LogP contribution in [-0.2, 0) is 20.8 Å². The highest BCUT2D eigenvalue weighted by atomic mass is 16.5. The molecule has 20 heavy (non-hydrogen) atoms. The summed E-state index contributed by atoms with van der Waals surface area (Å²) in [5.74, 6) is 0.922. The third-order valence-corrected chi connectivity index (χ3v) is 2.70. The number of hydrogen-bond acceptors (Lipinski definition) is 5. The maximum Gasteiger partial charge on any atom is 0.131 e. The molecule has 0 saturated heterocycles. The second-order valence-corrected chi connectivity index (χ2v) is 4.45. The Bertz CT molecular complexity index is 348. The highest BCUT2D eigenvalue weighted by molar-refractivity contribution is 5.43. The summed E-state index contributed by atoms with van der Waals surface area (Å²) in [5, 5.41) is 3.31. The van der Waals surface area contributed by atoms with Gasteiger partial charge in [0.15, 0.2) is 0 Å². The van der Waals surface area contributed by atoms with Crippen LogP contribution in [0.25, 0.3) is 0 Å². The molecule has 1 aromatic rings. The van der Waals surface area contributed by atoms with Crippen molar-refractivity contribution in [2.75, 3.05) is 45.4 Å². The van der Waals surface area contributed by atoms with E-state index in [1.165, 1.54) is 0 Å². The normalized spacial score (nSPS) is 10.7. The number of nitrogens with zero attached hydrogens (tertiary/aromatic N) is 1. The van der Waals surface area contributed by atoms with E-state index in [0.717, 1.165) is 30.8 Å². The number of rotatable bonds is 12. The predicted molar refractivity (Wildman–Crippen MR) is 80.0 cm³/mol. The maximum absolute atomic E-state index is 5.66. The SMILES string of the molecule is CCCNc1ncccc1COCCCOCCOC. The van der Waals surface area contributed by atoms with E-state index < -0.39 is 0 Å². The molecule has 5 nitrogen and oxygen atoms in total. The molecule has 0 aliphatic heterocycles. The predicted octanol–water partition coefficient (Wildman–Crippen LogP) is 2.47. The molecular weight excluding hydrogens is 256 g/mol. The van der Waals surface area contributed by atoms with Crippen LogP contribution in [0.1, 0.15) is 25.3 Å². The van der Waals surface area contributed by atoms with Crippen molar-refractivity contribution in [3.05, 3.63) is 23.9 Å². The molecule has 1 heterocycles. The van der Waals surface area contributed by atoms with Crippen LogP contribution in [0, 0.1) is 0 Å².